The first-order valence-corrected chi connectivity index (χ1v) is 10.6. The molecule has 2 aromatic carbocycles. The molecule has 0 aliphatic carbocycles. The molecular formula is C24H23N5O2S. The van der Waals surface area contributed by atoms with Gasteiger partial charge in [0.1, 0.15) is 0 Å². The van der Waals surface area contributed by atoms with Crippen LogP contribution < -0.4 is 9.47 Å². The highest BCUT2D eigenvalue weighted by molar-refractivity contribution is 7.71. The fourth-order valence-corrected chi connectivity index (χ4v) is 4.51. The number of ether oxygens (including phenoxy) is 2. The summed E-state index contributed by atoms with van der Waals surface area (Å²) in [7, 11) is 7.17. The average molecular weight is 446 g/mol. The second-order valence-corrected chi connectivity index (χ2v) is 8.11. The number of benzene rings is 2. The Kier molecular flexibility index (Phi) is 4.74. The van der Waals surface area contributed by atoms with Gasteiger partial charge in [0.15, 0.2) is 16.3 Å². The third kappa shape index (κ3) is 2.98. The highest BCUT2D eigenvalue weighted by atomic mass is 32.1. The molecule has 3 heterocycles. The zero-order valence-corrected chi connectivity index (χ0v) is 19.4. The number of methoxy groups -OCH3 is 2. The van der Waals surface area contributed by atoms with Crippen molar-refractivity contribution in [2.24, 2.45) is 14.1 Å². The van der Waals surface area contributed by atoms with Crippen molar-refractivity contribution in [1.82, 2.24) is 23.9 Å². The van der Waals surface area contributed by atoms with Gasteiger partial charge in [0.2, 0.25) is 0 Å². The molecule has 7 nitrogen and oxygen atoms in total. The van der Waals surface area contributed by atoms with E-state index in [9.17, 15) is 0 Å². The van der Waals surface area contributed by atoms with Crippen LogP contribution in [0.15, 0.2) is 48.8 Å². The van der Waals surface area contributed by atoms with E-state index < -0.39 is 0 Å². The Bertz CT molecular complexity index is 1560. The van der Waals surface area contributed by atoms with Crippen molar-refractivity contribution in [1.29, 1.82) is 0 Å². The van der Waals surface area contributed by atoms with Crippen LogP contribution in [-0.4, -0.2) is 38.1 Å². The minimum atomic E-state index is 0.690. The van der Waals surface area contributed by atoms with E-state index in [0.29, 0.717) is 16.3 Å². The maximum absolute atomic E-state index is 5.83. The van der Waals surface area contributed by atoms with Gasteiger partial charge < -0.3 is 14.0 Å². The summed E-state index contributed by atoms with van der Waals surface area (Å²) in [6, 6.07) is 12.2. The Hall–Kier alpha value is -3.65. The van der Waals surface area contributed by atoms with E-state index in [-0.39, 0.29) is 0 Å². The van der Waals surface area contributed by atoms with Gasteiger partial charge in [0, 0.05) is 25.7 Å². The molecule has 0 saturated heterocycles. The number of imidazole rings is 1. The lowest BCUT2D eigenvalue weighted by atomic mass is 10.0. The Balaban J connectivity index is 1.83. The molecule has 0 aliphatic rings. The van der Waals surface area contributed by atoms with Crippen LogP contribution in [0.25, 0.3) is 38.8 Å². The molecule has 0 spiro atoms. The van der Waals surface area contributed by atoms with Crippen molar-refractivity contribution < 1.29 is 9.47 Å². The predicted octanol–water partition coefficient (Wildman–Crippen LogP) is 4.97. The standard InChI is InChI=1S/C24H23N5O2S/c1-14-20(13-27(2)26-14)29-23-17-10-15(16-7-9-21(30-4)22(11-16)31-5)6-8-18(17)25-12-19(23)28(3)24(29)32/h6-13H,1-5H3. The SMILES string of the molecule is COc1ccc(-c2ccc3ncc4c(c3c2)n(-c2cn(C)nc2C)c(=S)n4C)cc1OC. The van der Waals surface area contributed by atoms with Crippen LogP contribution in [0.2, 0.25) is 0 Å². The first-order chi connectivity index (χ1) is 15.4. The van der Waals surface area contributed by atoms with Gasteiger partial charge in [-0.3, -0.25) is 14.2 Å². The first kappa shape index (κ1) is 20.3. The van der Waals surface area contributed by atoms with Gasteiger partial charge in [-0.15, -0.1) is 0 Å². The molecule has 3 aromatic heterocycles. The fourth-order valence-electron chi connectivity index (χ4n) is 4.22. The number of nitrogens with zero attached hydrogens (tertiary/aromatic N) is 5. The third-order valence-electron chi connectivity index (χ3n) is 5.83. The lowest BCUT2D eigenvalue weighted by Gasteiger charge is -2.11. The summed E-state index contributed by atoms with van der Waals surface area (Å²) in [5.74, 6) is 1.39. The van der Waals surface area contributed by atoms with Gasteiger partial charge in [0.25, 0.3) is 0 Å². The summed E-state index contributed by atoms with van der Waals surface area (Å²) in [5, 5.41) is 5.54. The predicted molar refractivity (Wildman–Crippen MR) is 128 cm³/mol. The summed E-state index contributed by atoms with van der Waals surface area (Å²) < 4.78 is 17.5. The molecular weight excluding hydrogens is 422 g/mol. The summed E-state index contributed by atoms with van der Waals surface area (Å²) in [5.41, 5.74) is 6.84. The summed E-state index contributed by atoms with van der Waals surface area (Å²) >= 11 is 5.83. The third-order valence-corrected chi connectivity index (χ3v) is 6.29. The Morgan fingerprint density at radius 3 is 2.34 bits per heavy atom. The smallest absolute Gasteiger partial charge is 0.185 e. The molecule has 0 N–H and O–H groups in total. The topological polar surface area (TPSA) is 59.0 Å². The van der Waals surface area contributed by atoms with Crippen LogP contribution in [0.5, 0.6) is 11.5 Å². The number of hydrogen-bond acceptors (Lipinski definition) is 5. The zero-order valence-electron chi connectivity index (χ0n) is 18.6. The summed E-state index contributed by atoms with van der Waals surface area (Å²) in [4.78, 5) is 4.70. The zero-order chi connectivity index (χ0) is 22.6. The molecule has 5 rings (SSSR count). The molecule has 0 atom stereocenters. The van der Waals surface area contributed by atoms with Gasteiger partial charge in [-0.05, 0) is 54.5 Å². The highest BCUT2D eigenvalue weighted by Crippen LogP contribution is 2.35. The minimum Gasteiger partial charge on any atom is -0.493 e. The van der Waals surface area contributed by atoms with E-state index in [1.165, 1.54) is 0 Å². The number of aryl methyl sites for hydroxylation is 3. The molecule has 8 heteroatoms. The number of hydrogen-bond donors (Lipinski definition) is 0. The van der Waals surface area contributed by atoms with Gasteiger partial charge in [-0.2, -0.15) is 5.10 Å². The largest absolute Gasteiger partial charge is 0.493 e. The van der Waals surface area contributed by atoms with Crippen LogP contribution in [-0.2, 0) is 14.1 Å². The van der Waals surface area contributed by atoms with Crippen LogP contribution >= 0.6 is 12.2 Å². The minimum absolute atomic E-state index is 0.690. The molecule has 0 aliphatic heterocycles. The maximum atomic E-state index is 5.83. The van der Waals surface area contributed by atoms with E-state index in [0.717, 1.165) is 44.4 Å². The van der Waals surface area contributed by atoms with E-state index in [4.69, 9.17) is 26.7 Å². The molecule has 0 bridgehead atoms. The molecule has 0 amide bonds. The fraction of sp³-hybridized carbons (Fsp3) is 0.208. The van der Waals surface area contributed by atoms with Crippen LogP contribution in [0, 0.1) is 11.7 Å². The Morgan fingerprint density at radius 2 is 1.66 bits per heavy atom. The maximum Gasteiger partial charge on any atom is 0.185 e. The first-order valence-electron chi connectivity index (χ1n) is 10.2. The number of rotatable bonds is 4. The molecule has 0 unspecified atom stereocenters. The second-order valence-electron chi connectivity index (χ2n) is 7.74. The lowest BCUT2D eigenvalue weighted by molar-refractivity contribution is 0.355. The molecule has 0 saturated carbocycles. The van der Waals surface area contributed by atoms with Gasteiger partial charge >= 0.3 is 0 Å². The molecule has 32 heavy (non-hydrogen) atoms. The van der Waals surface area contributed by atoms with Crippen molar-refractivity contribution in [3.8, 4) is 28.3 Å². The van der Waals surface area contributed by atoms with Crippen molar-refractivity contribution >= 4 is 34.2 Å². The van der Waals surface area contributed by atoms with Crippen LogP contribution in [0.3, 0.4) is 0 Å². The van der Waals surface area contributed by atoms with Gasteiger partial charge in [-0.25, -0.2) is 0 Å². The van der Waals surface area contributed by atoms with E-state index in [2.05, 4.69) is 21.8 Å². The molecule has 162 valence electrons. The molecule has 0 radical (unpaired) electrons. The van der Waals surface area contributed by atoms with Crippen molar-refractivity contribution in [2.45, 2.75) is 6.92 Å². The Morgan fingerprint density at radius 1 is 0.938 bits per heavy atom. The second kappa shape index (κ2) is 7.49. The lowest BCUT2D eigenvalue weighted by Crippen LogP contribution is -1.97. The van der Waals surface area contributed by atoms with E-state index >= 15 is 0 Å². The number of fused-ring (bicyclic) bond motifs is 3. The molecule has 0 fully saturated rings. The number of aromatic nitrogens is 5. The van der Waals surface area contributed by atoms with Crippen molar-refractivity contribution in [3.63, 3.8) is 0 Å². The summed E-state index contributed by atoms with van der Waals surface area (Å²) in [6.45, 7) is 1.99. The normalized spacial score (nSPS) is 11.4. The van der Waals surface area contributed by atoms with E-state index in [1.807, 2.05) is 66.9 Å². The average Bonchev–Trinajstić information content (AvgIpc) is 3.27. The van der Waals surface area contributed by atoms with E-state index in [1.54, 1.807) is 14.2 Å². The van der Waals surface area contributed by atoms with Gasteiger partial charge in [0.05, 0.1) is 48.3 Å². The summed E-state index contributed by atoms with van der Waals surface area (Å²) in [6.07, 6.45) is 3.88. The van der Waals surface area contributed by atoms with Crippen LogP contribution in [0.4, 0.5) is 0 Å². The van der Waals surface area contributed by atoms with Crippen molar-refractivity contribution in [3.05, 3.63) is 59.3 Å². The van der Waals surface area contributed by atoms with Crippen molar-refractivity contribution in [2.75, 3.05) is 14.2 Å². The highest BCUT2D eigenvalue weighted by Gasteiger charge is 2.18. The number of pyridine rings is 1. The van der Waals surface area contributed by atoms with Crippen LogP contribution in [0.1, 0.15) is 5.69 Å². The van der Waals surface area contributed by atoms with Gasteiger partial charge in [-0.1, -0.05) is 12.1 Å². The Labute approximate surface area is 190 Å². The monoisotopic (exact) mass is 445 g/mol. The molecule has 5 aromatic rings. The quantitative estimate of drug-likeness (QED) is 0.366.